The lowest BCUT2D eigenvalue weighted by atomic mass is 10.1. The van der Waals surface area contributed by atoms with Gasteiger partial charge in [-0.15, -0.1) is 0 Å². The minimum absolute atomic E-state index is 0.545. The predicted octanol–water partition coefficient (Wildman–Crippen LogP) is 1.19. The Labute approximate surface area is 172 Å². The molecule has 0 amide bonds. The first-order valence-electron chi connectivity index (χ1n) is 10.5. The van der Waals surface area contributed by atoms with Crippen LogP contribution in [0.15, 0.2) is 24.5 Å². The summed E-state index contributed by atoms with van der Waals surface area (Å²) in [6.07, 6.45) is 3.97. The molecule has 1 aliphatic carbocycles. The van der Waals surface area contributed by atoms with Crippen LogP contribution in [-0.4, -0.2) is 59.3 Å². The van der Waals surface area contributed by atoms with Crippen molar-refractivity contribution in [2.24, 2.45) is 5.73 Å². The van der Waals surface area contributed by atoms with Crippen molar-refractivity contribution in [3.63, 3.8) is 0 Å². The average molecular weight is 397 g/mol. The van der Waals surface area contributed by atoms with E-state index >= 15 is 0 Å². The van der Waals surface area contributed by atoms with Gasteiger partial charge in [0.2, 0.25) is 0 Å². The lowest BCUT2D eigenvalue weighted by molar-refractivity contribution is -0.0346. The first-order chi connectivity index (χ1) is 14.1. The van der Waals surface area contributed by atoms with Gasteiger partial charge in [0.25, 0.3) is 0 Å². The number of benzene rings is 1. The van der Waals surface area contributed by atoms with E-state index in [9.17, 15) is 0 Å². The molecule has 4 rings (SSSR count). The molecule has 156 valence electrons. The molecule has 0 spiro atoms. The van der Waals surface area contributed by atoms with E-state index in [4.69, 9.17) is 17.2 Å². The van der Waals surface area contributed by atoms with Gasteiger partial charge in [0.1, 0.15) is 12.1 Å². The molecule has 2 heterocycles. The number of piperazine rings is 1. The zero-order valence-corrected chi connectivity index (χ0v) is 17.2. The molecule has 0 unspecified atom stereocenters. The van der Waals surface area contributed by atoms with Gasteiger partial charge in [-0.2, -0.15) is 0 Å². The van der Waals surface area contributed by atoms with Crippen LogP contribution in [0.4, 0.5) is 17.2 Å². The van der Waals surface area contributed by atoms with Gasteiger partial charge in [-0.25, -0.2) is 20.0 Å². The molecule has 0 radical (unpaired) electrons. The Morgan fingerprint density at radius 1 is 1.10 bits per heavy atom. The van der Waals surface area contributed by atoms with Gasteiger partial charge in [-0.05, 0) is 36.5 Å². The van der Waals surface area contributed by atoms with Gasteiger partial charge >= 0.3 is 0 Å². The van der Waals surface area contributed by atoms with Gasteiger partial charge in [-0.3, -0.25) is 0 Å². The maximum Gasteiger partial charge on any atom is 0.135 e. The fourth-order valence-electron chi connectivity index (χ4n) is 4.47. The van der Waals surface area contributed by atoms with Crippen LogP contribution in [-0.2, 0) is 13.0 Å². The number of nitrogen functional groups attached to an aromatic ring is 2. The second kappa shape index (κ2) is 8.52. The summed E-state index contributed by atoms with van der Waals surface area (Å²) in [4.78, 5) is 11.6. The van der Waals surface area contributed by atoms with E-state index in [1.807, 2.05) is 18.2 Å². The Morgan fingerprint density at radius 3 is 2.62 bits per heavy atom. The molecule has 1 saturated heterocycles. The van der Waals surface area contributed by atoms with Gasteiger partial charge in [0, 0.05) is 57.1 Å². The quantitative estimate of drug-likeness (QED) is 0.624. The molecule has 1 aliphatic heterocycles. The largest absolute Gasteiger partial charge is 0.397 e. The molecule has 1 aromatic carbocycles. The highest BCUT2D eigenvalue weighted by molar-refractivity contribution is 5.63. The number of hydrazine groups is 1. The molecule has 29 heavy (non-hydrogen) atoms. The van der Waals surface area contributed by atoms with Crippen LogP contribution >= 0.6 is 0 Å². The zero-order chi connectivity index (χ0) is 20.4. The third-order valence-electron chi connectivity index (χ3n) is 6.11. The molecule has 6 N–H and O–H groups in total. The normalized spacial score (nSPS) is 19.7. The summed E-state index contributed by atoms with van der Waals surface area (Å²) in [5.74, 6) is 1.68. The van der Waals surface area contributed by atoms with Crippen molar-refractivity contribution >= 4 is 17.2 Å². The van der Waals surface area contributed by atoms with Crippen molar-refractivity contribution in [1.82, 2.24) is 20.0 Å². The first kappa shape index (κ1) is 19.9. The van der Waals surface area contributed by atoms with Crippen LogP contribution in [0.25, 0.3) is 0 Å². The van der Waals surface area contributed by atoms with Crippen molar-refractivity contribution < 1.29 is 0 Å². The maximum atomic E-state index is 5.99. The molecule has 1 fully saturated rings. The third kappa shape index (κ3) is 4.14. The van der Waals surface area contributed by atoms with E-state index in [1.54, 1.807) is 6.33 Å². The number of nitrogens with two attached hydrogens (primary N) is 3. The topological polar surface area (TPSA) is 114 Å². The van der Waals surface area contributed by atoms with Crippen molar-refractivity contribution in [2.75, 3.05) is 55.6 Å². The molecule has 0 saturated carbocycles. The summed E-state index contributed by atoms with van der Waals surface area (Å²) in [6.45, 7) is 8.27. The predicted molar refractivity (Wildman–Crippen MR) is 117 cm³/mol. The van der Waals surface area contributed by atoms with Crippen LogP contribution in [0.1, 0.15) is 36.1 Å². The van der Waals surface area contributed by atoms with Crippen LogP contribution < -0.4 is 22.1 Å². The van der Waals surface area contributed by atoms with Crippen molar-refractivity contribution in [2.45, 2.75) is 32.2 Å². The van der Waals surface area contributed by atoms with Gasteiger partial charge in [0.05, 0.1) is 11.4 Å². The van der Waals surface area contributed by atoms with Gasteiger partial charge in [-0.1, -0.05) is 13.0 Å². The van der Waals surface area contributed by atoms with Crippen LogP contribution in [0.5, 0.6) is 0 Å². The van der Waals surface area contributed by atoms with E-state index < -0.39 is 0 Å². The molecular formula is C21H32N8. The van der Waals surface area contributed by atoms with Crippen LogP contribution in [0, 0.1) is 0 Å². The summed E-state index contributed by atoms with van der Waals surface area (Å²) in [6, 6.07) is 5.87. The van der Waals surface area contributed by atoms with E-state index in [0.29, 0.717) is 23.8 Å². The monoisotopic (exact) mass is 396 g/mol. The number of anilines is 3. The summed E-state index contributed by atoms with van der Waals surface area (Å²) in [5, 5.41) is 4.73. The van der Waals surface area contributed by atoms with Crippen molar-refractivity contribution in [3.8, 4) is 0 Å². The van der Waals surface area contributed by atoms with E-state index in [2.05, 4.69) is 31.8 Å². The second-order valence-corrected chi connectivity index (χ2v) is 8.08. The number of hydrogen-bond donors (Lipinski definition) is 3. The SMILES string of the molecule is C[C@@H]1CCc2ncnc(N3CCN(N(CCN)Cc4ccc(N)c(N)c4)CC3)c21. The van der Waals surface area contributed by atoms with Crippen molar-refractivity contribution in [1.29, 1.82) is 0 Å². The number of rotatable bonds is 6. The summed E-state index contributed by atoms with van der Waals surface area (Å²) in [5.41, 5.74) is 22.7. The first-order valence-corrected chi connectivity index (χ1v) is 10.5. The molecule has 2 aliphatic rings. The summed E-state index contributed by atoms with van der Waals surface area (Å²) >= 11 is 0. The number of aryl methyl sites for hydroxylation is 1. The van der Waals surface area contributed by atoms with Gasteiger partial charge in [0.15, 0.2) is 0 Å². The summed E-state index contributed by atoms with van der Waals surface area (Å²) < 4.78 is 0. The molecule has 1 atom stereocenters. The van der Waals surface area contributed by atoms with E-state index in [-0.39, 0.29) is 0 Å². The Kier molecular flexibility index (Phi) is 5.84. The average Bonchev–Trinajstić information content (AvgIpc) is 3.12. The lowest BCUT2D eigenvalue weighted by Gasteiger charge is -2.42. The molecule has 8 nitrogen and oxygen atoms in total. The molecule has 8 heteroatoms. The Balaban J connectivity index is 1.43. The van der Waals surface area contributed by atoms with Crippen LogP contribution in [0.2, 0.25) is 0 Å². The molecule has 2 aromatic rings. The Hall–Kier alpha value is -2.42. The van der Waals surface area contributed by atoms with Gasteiger partial charge < -0.3 is 22.1 Å². The lowest BCUT2D eigenvalue weighted by Crippen LogP contribution is -2.54. The zero-order valence-electron chi connectivity index (χ0n) is 17.2. The Morgan fingerprint density at radius 2 is 1.90 bits per heavy atom. The number of fused-ring (bicyclic) bond motifs is 1. The van der Waals surface area contributed by atoms with Crippen molar-refractivity contribution in [3.05, 3.63) is 41.3 Å². The second-order valence-electron chi connectivity index (χ2n) is 8.08. The maximum absolute atomic E-state index is 5.99. The summed E-state index contributed by atoms with van der Waals surface area (Å²) in [7, 11) is 0. The highest BCUT2D eigenvalue weighted by Crippen LogP contribution is 2.37. The minimum Gasteiger partial charge on any atom is -0.397 e. The fraction of sp³-hybridized carbons (Fsp3) is 0.524. The highest BCUT2D eigenvalue weighted by atomic mass is 15.6. The minimum atomic E-state index is 0.545. The molecule has 1 aromatic heterocycles. The third-order valence-corrected chi connectivity index (χ3v) is 6.11. The Bertz CT molecular complexity index is 847. The number of hydrogen-bond acceptors (Lipinski definition) is 8. The molecule has 0 bridgehead atoms. The standard InChI is InChI=1S/C21H32N8/c1-15-2-5-19-20(15)21(26-14-25-19)27-8-10-28(11-9-27)29(7-6-22)13-16-3-4-17(23)18(24)12-16/h3-4,12,14-15H,2,5-11,13,22-24H2,1H3/t15-/m1/s1. The fourth-order valence-corrected chi connectivity index (χ4v) is 4.47. The molecular weight excluding hydrogens is 364 g/mol. The van der Waals surface area contributed by atoms with E-state index in [1.165, 1.54) is 17.7 Å². The van der Waals surface area contributed by atoms with E-state index in [0.717, 1.165) is 57.1 Å². The smallest absolute Gasteiger partial charge is 0.135 e. The number of aromatic nitrogens is 2. The number of nitrogens with zero attached hydrogens (tertiary/aromatic N) is 5. The highest BCUT2D eigenvalue weighted by Gasteiger charge is 2.29. The van der Waals surface area contributed by atoms with Crippen LogP contribution in [0.3, 0.4) is 0 Å².